The van der Waals surface area contributed by atoms with E-state index in [9.17, 15) is 24.3 Å². The molecule has 0 aliphatic heterocycles. The molecule has 4 amide bonds. The zero-order valence-corrected chi connectivity index (χ0v) is 21.8. The highest BCUT2D eigenvalue weighted by Crippen LogP contribution is 2.12. The van der Waals surface area contributed by atoms with Crippen LogP contribution in [0.15, 0.2) is 54.6 Å². The second kappa shape index (κ2) is 14.2. The minimum Gasteiger partial charge on any atom is -0.508 e. The van der Waals surface area contributed by atoms with Gasteiger partial charge in [-0.1, -0.05) is 56.3 Å². The SMILES string of the molecule is CC(C)[C@H](NC(=O)[C@@H](N)Cc1ccc(O)cc1)C(=O)N[C@@H](Cc1ccccc1)C(=O)N[C@@H](CS)C(N)=O. The van der Waals surface area contributed by atoms with Gasteiger partial charge in [-0.15, -0.1) is 0 Å². The maximum absolute atomic E-state index is 13.3. The Hall–Kier alpha value is -3.57. The molecule has 0 fully saturated rings. The third kappa shape index (κ3) is 9.43. The van der Waals surface area contributed by atoms with Crippen LogP contribution in [0.5, 0.6) is 5.75 Å². The minimum absolute atomic E-state index is 0.00330. The zero-order chi connectivity index (χ0) is 27.5. The number of thiol groups is 1. The van der Waals surface area contributed by atoms with Gasteiger partial charge in [-0.25, -0.2) is 0 Å². The number of phenols is 1. The van der Waals surface area contributed by atoms with Crippen LogP contribution in [0.4, 0.5) is 0 Å². The lowest BCUT2D eigenvalue weighted by molar-refractivity contribution is -0.134. The van der Waals surface area contributed by atoms with E-state index in [0.717, 1.165) is 11.1 Å². The monoisotopic (exact) mass is 529 g/mol. The van der Waals surface area contributed by atoms with Crippen LogP contribution in [0.25, 0.3) is 0 Å². The number of primary amides is 1. The molecular weight excluding hydrogens is 494 g/mol. The van der Waals surface area contributed by atoms with Crippen molar-refractivity contribution in [2.75, 3.05) is 5.75 Å². The number of aromatic hydroxyl groups is 1. The van der Waals surface area contributed by atoms with Crippen molar-refractivity contribution in [2.24, 2.45) is 17.4 Å². The average Bonchev–Trinajstić information content (AvgIpc) is 2.86. The summed E-state index contributed by atoms with van der Waals surface area (Å²) in [5, 5.41) is 17.3. The predicted molar refractivity (Wildman–Crippen MR) is 144 cm³/mol. The van der Waals surface area contributed by atoms with E-state index >= 15 is 0 Å². The van der Waals surface area contributed by atoms with E-state index in [1.54, 1.807) is 50.2 Å². The van der Waals surface area contributed by atoms with Crippen molar-refractivity contribution >= 4 is 36.3 Å². The highest BCUT2D eigenvalue weighted by molar-refractivity contribution is 7.80. The first-order chi connectivity index (χ1) is 17.5. The highest BCUT2D eigenvalue weighted by Gasteiger charge is 2.31. The topological polar surface area (TPSA) is 177 Å². The first-order valence-corrected chi connectivity index (χ1v) is 12.5. The van der Waals surface area contributed by atoms with Gasteiger partial charge in [0, 0.05) is 12.2 Å². The van der Waals surface area contributed by atoms with E-state index in [1.165, 1.54) is 12.1 Å². The lowest BCUT2D eigenvalue weighted by Gasteiger charge is -2.27. The number of benzene rings is 2. The summed E-state index contributed by atoms with van der Waals surface area (Å²) >= 11 is 4.05. The fraction of sp³-hybridized carbons (Fsp3) is 0.385. The summed E-state index contributed by atoms with van der Waals surface area (Å²) in [7, 11) is 0. The van der Waals surface area contributed by atoms with E-state index < -0.39 is 47.8 Å². The van der Waals surface area contributed by atoms with Crippen LogP contribution in [-0.4, -0.2) is 58.7 Å². The van der Waals surface area contributed by atoms with Gasteiger partial charge in [0.2, 0.25) is 23.6 Å². The molecule has 0 saturated carbocycles. The molecule has 2 rings (SSSR count). The summed E-state index contributed by atoms with van der Waals surface area (Å²) in [4.78, 5) is 50.7. The van der Waals surface area contributed by atoms with E-state index in [2.05, 4.69) is 28.6 Å². The van der Waals surface area contributed by atoms with Crippen molar-refractivity contribution in [3.8, 4) is 5.75 Å². The molecule has 0 spiro atoms. The molecule has 8 N–H and O–H groups in total. The summed E-state index contributed by atoms with van der Waals surface area (Å²) < 4.78 is 0. The molecule has 0 heterocycles. The molecule has 11 heteroatoms. The van der Waals surface area contributed by atoms with E-state index in [4.69, 9.17) is 11.5 Å². The van der Waals surface area contributed by atoms with Crippen LogP contribution >= 0.6 is 12.6 Å². The molecule has 200 valence electrons. The Kier molecular flexibility index (Phi) is 11.4. The first-order valence-electron chi connectivity index (χ1n) is 11.9. The lowest BCUT2D eigenvalue weighted by Crippen LogP contribution is -2.59. The van der Waals surface area contributed by atoms with Gasteiger partial charge in [-0.2, -0.15) is 12.6 Å². The predicted octanol–water partition coefficient (Wildman–Crippen LogP) is 0.0302. The van der Waals surface area contributed by atoms with Crippen molar-refractivity contribution in [1.29, 1.82) is 0 Å². The van der Waals surface area contributed by atoms with Crippen LogP contribution in [-0.2, 0) is 32.0 Å². The molecule has 2 aromatic rings. The third-order valence-electron chi connectivity index (χ3n) is 5.73. The maximum Gasteiger partial charge on any atom is 0.243 e. The van der Waals surface area contributed by atoms with Crippen LogP contribution in [0, 0.1) is 5.92 Å². The van der Waals surface area contributed by atoms with Crippen molar-refractivity contribution in [3.63, 3.8) is 0 Å². The summed E-state index contributed by atoms with van der Waals surface area (Å²) in [6.45, 7) is 3.51. The van der Waals surface area contributed by atoms with Gasteiger partial charge in [0.1, 0.15) is 23.9 Å². The van der Waals surface area contributed by atoms with E-state index in [0.29, 0.717) is 0 Å². The molecular formula is C26H35N5O5S. The Morgan fingerprint density at radius 2 is 1.38 bits per heavy atom. The smallest absolute Gasteiger partial charge is 0.243 e. The Balaban J connectivity index is 2.14. The molecule has 0 unspecified atom stereocenters. The fourth-order valence-electron chi connectivity index (χ4n) is 3.57. The van der Waals surface area contributed by atoms with E-state index in [1.807, 2.05) is 6.07 Å². The summed E-state index contributed by atoms with van der Waals surface area (Å²) in [5.74, 6) is -2.68. The van der Waals surface area contributed by atoms with Gasteiger partial charge in [0.25, 0.3) is 0 Å². The maximum atomic E-state index is 13.3. The quantitative estimate of drug-likeness (QED) is 0.180. The Labute approximate surface area is 222 Å². The summed E-state index contributed by atoms with van der Waals surface area (Å²) in [6.07, 6.45) is 0.353. The number of rotatable bonds is 13. The number of nitrogens with one attached hydrogen (secondary N) is 3. The highest BCUT2D eigenvalue weighted by atomic mass is 32.1. The normalized spacial score (nSPS) is 14.2. The van der Waals surface area contributed by atoms with Gasteiger partial charge in [0.05, 0.1) is 6.04 Å². The van der Waals surface area contributed by atoms with Crippen molar-refractivity contribution in [2.45, 2.75) is 50.9 Å². The van der Waals surface area contributed by atoms with Crippen LogP contribution in [0.2, 0.25) is 0 Å². The molecule has 0 bridgehead atoms. The third-order valence-corrected chi connectivity index (χ3v) is 6.10. The average molecular weight is 530 g/mol. The second-order valence-corrected chi connectivity index (χ2v) is 9.47. The molecule has 0 radical (unpaired) electrons. The minimum atomic E-state index is -1.04. The number of amides is 4. The molecule has 4 atom stereocenters. The standard InChI is InChI=1S/C26H35N5O5S/c1-15(2)22(31-24(34)19(27)12-17-8-10-18(32)11-9-17)26(36)29-20(13-16-6-4-3-5-7-16)25(35)30-21(14-37)23(28)33/h3-11,15,19-22,32,37H,12-14,27H2,1-2H3,(H2,28,33)(H,29,36)(H,30,35)(H,31,34)/t19-,20-,21-,22-/m0/s1. The lowest BCUT2D eigenvalue weighted by atomic mass is 9.99. The van der Waals surface area contributed by atoms with Gasteiger partial charge in [-0.3, -0.25) is 19.2 Å². The molecule has 2 aromatic carbocycles. The van der Waals surface area contributed by atoms with Crippen LogP contribution in [0.3, 0.4) is 0 Å². The van der Waals surface area contributed by atoms with Crippen molar-refractivity contribution in [1.82, 2.24) is 16.0 Å². The molecule has 0 aliphatic carbocycles. The van der Waals surface area contributed by atoms with Gasteiger partial charge >= 0.3 is 0 Å². The summed E-state index contributed by atoms with van der Waals surface area (Å²) in [5.41, 5.74) is 12.9. The zero-order valence-electron chi connectivity index (χ0n) is 20.9. The van der Waals surface area contributed by atoms with Crippen LogP contribution < -0.4 is 27.4 Å². The van der Waals surface area contributed by atoms with E-state index in [-0.39, 0.29) is 30.3 Å². The number of nitrogens with two attached hydrogens (primary N) is 2. The number of carbonyl (C=O) groups is 4. The molecule has 10 nitrogen and oxygen atoms in total. The summed E-state index contributed by atoms with van der Waals surface area (Å²) in [6, 6.07) is 11.4. The molecule has 0 aliphatic rings. The molecule has 0 saturated heterocycles. The Bertz CT molecular complexity index is 1060. The van der Waals surface area contributed by atoms with Gasteiger partial charge in [-0.05, 0) is 35.6 Å². The second-order valence-electron chi connectivity index (χ2n) is 9.10. The molecule has 37 heavy (non-hydrogen) atoms. The number of hydrogen-bond acceptors (Lipinski definition) is 7. The number of phenolic OH excluding ortho intramolecular Hbond substituents is 1. The largest absolute Gasteiger partial charge is 0.508 e. The number of hydrogen-bond donors (Lipinski definition) is 7. The Morgan fingerprint density at radius 3 is 1.92 bits per heavy atom. The molecule has 0 aromatic heterocycles. The van der Waals surface area contributed by atoms with Crippen molar-refractivity contribution < 1.29 is 24.3 Å². The Morgan fingerprint density at radius 1 is 0.811 bits per heavy atom. The van der Waals surface area contributed by atoms with Crippen molar-refractivity contribution in [3.05, 3.63) is 65.7 Å². The van der Waals surface area contributed by atoms with Gasteiger partial charge < -0.3 is 32.5 Å². The fourth-order valence-corrected chi connectivity index (χ4v) is 3.84. The van der Waals surface area contributed by atoms with Gasteiger partial charge in [0.15, 0.2) is 0 Å². The first kappa shape index (κ1) is 29.7. The van der Waals surface area contributed by atoms with Crippen LogP contribution in [0.1, 0.15) is 25.0 Å². The number of carbonyl (C=O) groups excluding carboxylic acids is 4.